The van der Waals surface area contributed by atoms with E-state index in [9.17, 15) is 0 Å². The summed E-state index contributed by atoms with van der Waals surface area (Å²) in [5.74, 6) is 0. The summed E-state index contributed by atoms with van der Waals surface area (Å²) in [5.41, 5.74) is 0. The van der Waals surface area contributed by atoms with Crippen molar-refractivity contribution in [1.82, 2.24) is 0 Å². The Bertz CT molecular complexity index is 627. The van der Waals surface area contributed by atoms with Gasteiger partial charge in [0.2, 0.25) is 18.1 Å². The van der Waals surface area contributed by atoms with Crippen LogP contribution in [0.25, 0.3) is 0 Å². The predicted molar refractivity (Wildman–Crippen MR) is 157 cm³/mol. The molecule has 0 saturated heterocycles. The molecule has 4 nitrogen and oxygen atoms in total. The summed E-state index contributed by atoms with van der Waals surface area (Å²) < 4.78 is 27.3. The van der Waals surface area contributed by atoms with Gasteiger partial charge in [0.15, 0.2) is 8.32 Å². The minimum atomic E-state index is -1.83. The van der Waals surface area contributed by atoms with Crippen LogP contribution in [0, 0.1) is 0 Å². The molecule has 0 amide bonds. The van der Waals surface area contributed by atoms with Gasteiger partial charge in [-0.15, -0.1) is 0 Å². The molecule has 3 atom stereocenters. The average molecular weight is 543 g/mol. The molecule has 0 N–H and O–H groups in total. The fraction of sp³-hybridized carbons (Fsp3) is 0.929. The number of rotatable bonds is 10. The van der Waals surface area contributed by atoms with Gasteiger partial charge in [-0.2, -0.15) is 0 Å². The normalized spacial score (nSPS) is 22.7. The summed E-state index contributed by atoms with van der Waals surface area (Å²) in [7, 11) is -4.20. The molecule has 35 heavy (non-hydrogen) atoms. The third-order valence-electron chi connectivity index (χ3n) is 6.90. The monoisotopic (exact) mass is 542 g/mol. The van der Waals surface area contributed by atoms with E-state index in [1.54, 1.807) is 0 Å². The first-order chi connectivity index (χ1) is 15.7. The second kappa shape index (κ2) is 12.3. The van der Waals surface area contributed by atoms with Crippen LogP contribution in [0.1, 0.15) is 104 Å². The summed E-state index contributed by atoms with van der Waals surface area (Å²) in [5, 5.41) is 0.418. The van der Waals surface area contributed by atoms with Crippen LogP contribution in [0.4, 0.5) is 0 Å². The van der Waals surface area contributed by atoms with Gasteiger partial charge < -0.3 is 18.0 Å². The van der Waals surface area contributed by atoms with Crippen molar-refractivity contribution in [2.75, 3.05) is 6.61 Å². The molecule has 0 unspecified atom stereocenters. The van der Waals surface area contributed by atoms with E-state index in [0.29, 0.717) is 6.61 Å². The van der Waals surface area contributed by atoms with Gasteiger partial charge in [-0.25, -0.2) is 0 Å². The average Bonchev–Trinajstić information content (AvgIpc) is 2.67. The predicted octanol–water partition coefficient (Wildman–Crippen LogP) is 8.87. The van der Waals surface area contributed by atoms with Crippen LogP contribution in [0.3, 0.4) is 0 Å². The Morgan fingerprint density at radius 1 is 0.714 bits per heavy atom. The van der Waals surface area contributed by atoms with Crippen LogP contribution in [-0.4, -0.2) is 51.3 Å². The quantitative estimate of drug-likeness (QED) is 0.258. The molecule has 0 bridgehead atoms. The van der Waals surface area contributed by atoms with Crippen molar-refractivity contribution in [3.8, 4) is 0 Å². The highest BCUT2D eigenvalue weighted by molar-refractivity contribution is 6.73. The van der Waals surface area contributed by atoms with Crippen molar-refractivity contribution in [1.29, 1.82) is 0 Å². The van der Waals surface area contributed by atoms with Gasteiger partial charge in [0, 0.05) is 0 Å². The van der Waals surface area contributed by atoms with Crippen LogP contribution in [-0.2, 0) is 18.0 Å². The summed E-state index contributed by atoms with van der Waals surface area (Å²) in [4.78, 5) is 0. The molecule has 2 radical (unpaired) electrons. The molecule has 0 aromatic rings. The molecular formula is C28H58O4Si3. The van der Waals surface area contributed by atoms with E-state index in [0.717, 1.165) is 18.1 Å². The van der Waals surface area contributed by atoms with Crippen LogP contribution >= 0.6 is 0 Å². The van der Waals surface area contributed by atoms with E-state index in [1.807, 2.05) is 6.26 Å². The van der Waals surface area contributed by atoms with Crippen molar-refractivity contribution < 1.29 is 18.0 Å². The van der Waals surface area contributed by atoms with Gasteiger partial charge >= 0.3 is 0 Å². The SMILES string of the molecule is CC[Si](CC)(CC)O[C@@H]1C=CO[C@H](CO[Si](C(C)(C)C)C(C)(C)C)[C@H]1O[Si](C(C)(C)C)C(C)(C)C. The van der Waals surface area contributed by atoms with Crippen molar-refractivity contribution in [2.24, 2.45) is 0 Å². The van der Waals surface area contributed by atoms with Crippen LogP contribution < -0.4 is 0 Å². The van der Waals surface area contributed by atoms with E-state index in [1.165, 1.54) is 0 Å². The van der Waals surface area contributed by atoms with Crippen LogP contribution in [0.15, 0.2) is 12.3 Å². The van der Waals surface area contributed by atoms with E-state index >= 15 is 0 Å². The van der Waals surface area contributed by atoms with E-state index in [-0.39, 0.29) is 38.5 Å². The smallest absolute Gasteiger partial charge is 0.223 e. The van der Waals surface area contributed by atoms with Crippen LogP contribution in [0.2, 0.25) is 38.3 Å². The summed E-state index contributed by atoms with van der Waals surface area (Å²) >= 11 is 0. The summed E-state index contributed by atoms with van der Waals surface area (Å²) in [6.07, 6.45) is 3.53. The number of ether oxygens (including phenoxy) is 1. The molecule has 1 rings (SSSR count). The van der Waals surface area contributed by atoms with Crippen molar-refractivity contribution >= 4 is 26.4 Å². The van der Waals surface area contributed by atoms with E-state index in [4.69, 9.17) is 18.0 Å². The Hall–Kier alpha value is 0.0706. The number of hydrogen-bond acceptors (Lipinski definition) is 4. The van der Waals surface area contributed by atoms with E-state index in [2.05, 4.69) is 110 Å². The van der Waals surface area contributed by atoms with Gasteiger partial charge in [-0.1, -0.05) is 104 Å². The van der Waals surface area contributed by atoms with Gasteiger partial charge in [-0.05, 0) is 44.4 Å². The Morgan fingerprint density at radius 3 is 1.51 bits per heavy atom. The zero-order chi connectivity index (χ0) is 27.5. The lowest BCUT2D eigenvalue weighted by molar-refractivity contribution is -0.0666. The first-order valence-corrected chi connectivity index (χ1v) is 19.1. The lowest BCUT2D eigenvalue weighted by Crippen LogP contribution is -2.55. The largest absolute Gasteiger partial charge is 0.493 e. The van der Waals surface area contributed by atoms with Crippen molar-refractivity contribution in [3.05, 3.63) is 12.3 Å². The maximum Gasteiger partial charge on any atom is 0.223 e. The second-order valence-electron chi connectivity index (χ2n) is 14.4. The Balaban J connectivity index is 3.38. The molecule has 0 aromatic heterocycles. The van der Waals surface area contributed by atoms with Crippen molar-refractivity contribution in [2.45, 2.75) is 160 Å². The highest BCUT2D eigenvalue weighted by Gasteiger charge is 2.48. The lowest BCUT2D eigenvalue weighted by Gasteiger charge is -2.46. The zero-order valence-electron chi connectivity index (χ0n) is 25.8. The fourth-order valence-corrected chi connectivity index (χ4v) is 15.4. The minimum absolute atomic E-state index is 0.0839. The molecule has 1 aliphatic rings. The molecule has 0 saturated carbocycles. The molecular weight excluding hydrogens is 485 g/mol. The molecule has 7 heteroatoms. The second-order valence-corrected chi connectivity index (χ2v) is 26.9. The number of hydrogen-bond donors (Lipinski definition) is 0. The Kier molecular flexibility index (Phi) is 11.6. The molecule has 1 aliphatic heterocycles. The summed E-state index contributed by atoms with van der Waals surface area (Å²) in [6.45, 7) is 35.1. The maximum absolute atomic E-state index is 7.18. The molecule has 0 fully saturated rings. The Labute approximate surface area is 223 Å². The first kappa shape index (κ1) is 33.1. The van der Waals surface area contributed by atoms with Gasteiger partial charge in [0.1, 0.15) is 12.2 Å². The highest BCUT2D eigenvalue weighted by atomic mass is 28.4. The molecule has 1 heterocycles. The standard InChI is InChI=1S/C28H58O4Si3/c1-16-35(17-2,18-3)32-22-19-20-29-23(21-30-33(25(4,5)6)26(7,8)9)24(22)31-34(27(10,11)12)28(13,14)15/h19-20,22-24H,16-18,21H2,1-15H3/t22-,23-,24+/m1/s1. The third-order valence-corrected chi connectivity index (χ3v) is 18.0. The van der Waals surface area contributed by atoms with Gasteiger partial charge in [0.25, 0.3) is 0 Å². The molecule has 0 spiro atoms. The first-order valence-electron chi connectivity index (χ1n) is 13.8. The molecule has 0 aromatic carbocycles. The zero-order valence-corrected chi connectivity index (χ0v) is 28.8. The molecule has 206 valence electrons. The van der Waals surface area contributed by atoms with Crippen LogP contribution in [0.5, 0.6) is 0 Å². The Morgan fingerprint density at radius 2 is 1.14 bits per heavy atom. The minimum Gasteiger partial charge on any atom is -0.493 e. The highest BCUT2D eigenvalue weighted by Crippen LogP contribution is 2.45. The van der Waals surface area contributed by atoms with Gasteiger partial charge in [0.05, 0.1) is 19.0 Å². The third kappa shape index (κ3) is 9.40. The van der Waals surface area contributed by atoms with E-state index < -0.39 is 26.4 Å². The lowest BCUT2D eigenvalue weighted by atomic mass is 10.1. The van der Waals surface area contributed by atoms with Gasteiger partial charge in [-0.3, -0.25) is 0 Å². The maximum atomic E-state index is 7.18. The van der Waals surface area contributed by atoms with Crippen molar-refractivity contribution in [3.63, 3.8) is 0 Å². The molecule has 0 aliphatic carbocycles. The fourth-order valence-electron chi connectivity index (χ4n) is 5.63. The topological polar surface area (TPSA) is 36.9 Å². The summed E-state index contributed by atoms with van der Waals surface area (Å²) in [6, 6.07) is 3.36.